The van der Waals surface area contributed by atoms with Crippen molar-refractivity contribution in [1.29, 1.82) is 0 Å². The molecule has 1 N–H and O–H groups in total. The average molecular weight is 150 g/mol. The molecule has 0 aliphatic carbocycles. The van der Waals surface area contributed by atoms with Gasteiger partial charge in [-0.15, -0.1) is 0 Å². The van der Waals surface area contributed by atoms with E-state index in [0.717, 1.165) is 0 Å². The topological polar surface area (TPSA) is 37.3 Å². The Morgan fingerprint density at radius 1 is 1.86 bits per heavy atom. The van der Waals surface area contributed by atoms with Gasteiger partial charge in [-0.25, -0.2) is 0 Å². The maximum absolute atomic E-state index is 10.1. The molecule has 0 aromatic carbocycles. The third kappa shape index (κ3) is 11.2. The first-order valence-corrected chi connectivity index (χ1v) is 4.15. The van der Waals surface area contributed by atoms with E-state index in [0.29, 0.717) is 6.16 Å². The predicted octanol–water partition coefficient (Wildman–Crippen LogP) is 0.751. The molecule has 0 amide bonds. The van der Waals surface area contributed by atoms with Crippen LogP contribution in [0.1, 0.15) is 9.78 Å². The summed E-state index contributed by atoms with van der Waals surface area (Å²) in [6, 6.07) is 0. The van der Waals surface area contributed by atoms with Gasteiger partial charge >= 0.3 is 37.7 Å². The van der Waals surface area contributed by atoms with Crippen LogP contribution in [0.15, 0.2) is 0 Å². The molecule has 42 valence electrons. The molecule has 4 heteroatoms. The predicted molar refractivity (Wildman–Crippen MR) is 34.3 cm³/mol. The third-order valence-electron chi connectivity index (χ3n) is 0.587. The molecule has 0 saturated heterocycles. The minimum absolute atomic E-state index is 0. The molecule has 0 saturated carbocycles. The van der Waals surface area contributed by atoms with E-state index in [1.165, 1.54) is 6.66 Å². The van der Waals surface area contributed by atoms with Gasteiger partial charge in [-0.3, -0.25) is 4.57 Å². The van der Waals surface area contributed by atoms with Gasteiger partial charge in [-0.05, 0) is 0 Å². The van der Waals surface area contributed by atoms with Crippen LogP contribution in [-0.2, 0) is 4.57 Å². The molecule has 1 unspecified atom stereocenters. The third-order valence-corrected chi connectivity index (χ3v) is 1.76. The quantitative estimate of drug-likeness (QED) is 0.442. The van der Waals surface area contributed by atoms with Gasteiger partial charge in [0.2, 0.25) is 0 Å². The first-order valence-electron chi connectivity index (χ1n) is 1.85. The van der Waals surface area contributed by atoms with Crippen molar-refractivity contribution >= 4 is 45.1 Å². The van der Waals surface area contributed by atoms with Crippen LogP contribution in [0.5, 0.6) is 0 Å². The van der Waals surface area contributed by atoms with E-state index in [9.17, 15) is 4.57 Å². The summed E-state index contributed by atoms with van der Waals surface area (Å²) in [7, 11) is -2.65. The second-order valence-electron chi connectivity index (χ2n) is 1.37. The van der Waals surface area contributed by atoms with E-state index in [2.05, 4.69) is 0 Å². The summed E-state index contributed by atoms with van der Waals surface area (Å²) < 4.78 is 10.1. The van der Waals surface area contributed by atoms with Gasteiger partial charge in [0.25, 0.3) is 0 Å². The molecule has 1 atom stereocenters. The molecule has 0 aliphatic rings. The normalized spacial score (nSPS) is 17.0. The first kappa shape index (κ1) is 11.3. The second kappa shape index (κ2) is 4.34. The molecular weight excluding hydrogens is 139 g/mol. The zero-order valence-electron chi connectivity index (χ0n) is 6.72. The Kier molecular flexibility index (Phi) is 6.99. The van der Waals surface area contributed by atoms with Crippen molar-refractivity contribution in [2.24, 2.45) is 0 Å². The van der Waals surface area contributed by atoms with Gasteiger partial charge in [0.05, 0.1) is 0 Å². The molecule has 0 bridgehead atoms. The van der Waals surface area contributed by atoms with Gasteiger partial charge in [-0.1, -0.05) is 6.92 Å². The van der Waals surface area contributed by atoms with E-state index in [1.807, 2.05) is 0 Å². The van der Waals surface area contributed by atoms with Gasteiger partial charge in [0.1, 0.15) is 0 Å². The number of rotatable bonds is 1. The van der Waals surface area contributed by atoms with Crippen LogP contribution in [0, 0.1) is 0 Å². The number of hydrogen-bond acceptors (Lipinski definition) is 1. The maximum Gasteiger partial charge on any atom is 2.00 e. The minimum Gasteiger partial charge on any atom is -1.00 e. The molecule has 0 heterocycles. The fourth-order valence-corrected chi connectivity index (χ4v) is 0. The Hall–Kier alpha value is 1.45. The molecular formula is C3H11CaO2P. The Morgan fingerprint density at radius 3 is 2.00 bits per heavy atom. The Labute approximate surface area is 76.7 Å². The summed E-state index contributed by atoms with van der Waals surface area (Å²) in [5.74, 6) is 0. The Bertz CT molecular complexity index is 83.9. The largest absolute Gasteiger partial charge is 2.00 e. The smallest absolute Gasteiger partial charge is 1.00 e. The maximum atomic E-state index is 10.1. The van der Waals surface area contributed by atoms with E-state index in [4.69, 9.17) is 4.89 Å². The molecule has 0 aromatic heterocycles. The van der Waals surface area contributed by atoms with Gasteiger partial charge in [-0.2, -0.15) is 0 Å². The van der Waals surface area contributed by atoms with E-state index < -0.39 is 7.37 Å². The monoisotopic (exact) mass is 150 g/mol. The average Bonchev–Trinajstić information content (AvgIpc) is 1.35. The Balaban J connectivity index is -0.0000000417. The second-order valence-corrected chi connectivity index (χ2v) is 4.10. The van der Waals surface area contributed by atoms with E-state index in [1.54, 1.807) is 6.92 Å². The Morgan fingerprint density at radius 2 is 2.00 bits per heavy atom. The molecule has 0 rings (SSSR count). The molecule has 0 aliphatic heterocycles. The van der Waals surface area contributed by atoms with Gasteiger partial charge in [0, 0.05) is 12.8 Å². The van der Waals surface area contributed by atoms with Crippen molar-refractivity contribution in [1.82, 2.24) is 0 Å². The molecule has 0 fully saturated rings. The van der Waals surface area contributed by atoms with Crippen LogP contribution in [0.2, 0.25) is 0 Å². The van der Waals surface area contributed by atoms with Crippen molar-refractivity contribution in [3.63, 3.8) is 0 Å². The summed E-state index contributed by atoms with van der Waals surface area (Å²) in [5, 5.41) is 0. The van der Waals surface area contributed by atoms with Crippen LogP contribution in [0.3, 0.4) is 0 Å². The standard InChI is InChI=1S/C3H9O2P.Ca.2H/c1-3-6(2,4)5;;;/h3H2,1-2H3,(H,4,5);;;/q;+2;2*-1. The zero-order valence-corrected chi connectivity index (χ0v) is 7.82. The fraction of sp³-hybridized carbons (Fsp3) is 1.00. The summed E-state index contributed by atoms with van der Waals surface area (Å²) in [5.41, 5.74) is 0. The van der Waals surface area contributed by atoms with Crippen LogP contribution in [0.4, 0.5) is 0 Å². The summed E-state index contributed by atoms with van der Waals surface area (Å²) in [4.78, 5) is 8.38. The van der Waals surface area contributed by atoms with Crippen molar-refractivity contribution in [3.05, 3.63) is 0 Å². The summed E-state index contributed by atoms with van der Waals surface area (Å²) in [6.45, 7) is 3.05. The number of hydrogen-bond donors (Lipinski definition) is 1. The summed E-state index contributed by atoms with van der Waals surface area (Å²) >= 11 is 0. The van der Waals surface area contributed by atoms with Gasteiger partial charge < -0.3 is 7.75 Å². The SMILES string of the molecule is CCP(C)(=O)O.[Ca+2].[H-].[H-]. The van der Waals surface area contributed by atoms with Crippen molar-refractivity contribution in [3.8, 4) is 0 Å². The van der Waals surface area contributed by atoms with Crippen molar-refractivity contribution < 1.29 is 12.3 Å². The first-order chi connectivity index (χ1) is 2.56. The molecule has 0 radical (unpaired) electrons. The molecule has 0 aromatic rings. The van der Waals surface area contributed by atoms with Crippen LogP contribution in [0.25, 0.3) is 0 Å². The molecule has 2 nitrogen and oxygen atoms in total. The van der Waals surface area contributed by atoms with E-state index >= 15 is 0 Å². The molecule has 7 heavy (non-hydrogen) atoms. The summed E-state index contributed by atoms with van der Waals surface area (Å²) in [6.07, 6.45) is 0.382. The van der Waals surface area contributed by atoms with Crippen LogP contribution in [-0.4, -0.2) is 55.5 Å². The van der Waals surface area contributed by atoms with Crippen molar-refractivity contribution in [2.45, 2.75) is 6.92 Å². The van der Waals surface area contributed by atoms with Crippen LogP contribution >= 0.6 is 7.37 Å². The zero-order chi connectivity index (χ0) is 5.21. The fourth-order valence-electron chi connectivity index (χ4n) is 0. The molecule has 0 spiro atoms. The minimum atomic E-state index is -2.65. The van der Waals surface area contributed by atoms with Crippen molar-refractivity contribution in [2.75, 3.05) is 12.8 Å². The van der Waals surface area contributed by atoms with Crippen LogP contribution < -0.4 is 0 Å². The van der Waals surface area contributed by atoms with E-state index in [-0.39, 0.29) is 40.6 Å². The van der Waals surface area contributed by atoms with Gasteiger partial charge in [0.15, 0.2) is 7.37 Å².